The molecule has 0 amide bonds. The molecule has 0 radical (unpaired) electrons. The molecule has 0 spiro atoms. The van der Waals surface area contributed by atoms with Crippen molar-refractivity contribution in [2.45, 2.75) is 0 Å². The molecular weight excluding hydrogens is 274 g/mol. The molecule has 0 aliphatic heterocycles. The summed E-state index contributed by atoms with van der Waals surface area (Å²) in [5.74, 6) is 0. The van der Waals surface area contributed by atoms with Gasteiger partial charge in [-0.3, -0.25) is 0 Å². The predicted octanol–water partition coefficient (Wildman–Crippen LogP) is 4.73. The van der Waals surface area contributed by atoms with Gasteiger partial charge in [0.25, 0.3) is 0 Å². The Bertz CT molecular complexity index is 544. The number of benzene rings is 2. The van der Waals surface area contributed by atoms with Gasteiger partial charge >= 0.3 is 0 Å². The first-order valence-corrected chi connectivity index (χ1v) is 6.02. The van der Waals surface area contributed by atoms with E-state index in [0.29, 0.717) is 0 Å². The molecule has 84 valence electrons. The molecular formula is C15H12BrN. The summed E-state index contributed by atoms with van der Waals surface area (Å²) in [6.07, 6.45) is 3.65. The Balaban J connectivity index is 2.60. The van der Waals surface area contributed by atoms with Crippen LogP contribution in [0.3, 0.4) is 0 Å². The highest BCUT2D eigenvalue weighted by Gasteiger charge is 2.03. The van der Waals surface area contributed by atoms with Gasteiger partial charge in [-0.05, 0) is 22.8 Å². The van der Waals surface area contributed by atoms with Gasteiger partial charge in [-0.1, -0.05) is 55.1 Å². The molecule has 0 atom stereocenters. The quantitative estimate of drug-likeness (QED) is 0.724. The lowest BCUT2D eigenvalue weighted by molar-refractivity contribution is 1.58. The van der Waals surface area contributed by atoms with Gasteiger partial charge in [0, 0.05) is 11.8 Å². The SMILES string of the molecule is C=Cc1ccc(C=NBr)c(-c2ccccc2)c1. The van der Waals surface area contributed by atoms with Gasteiger partial charge in [0.1, 0.15) is 0 Å². The molecule has 0 fully saturated rings. The van der Waals surface area contributed by atoms with Crippen molar-refractivity contribution >= 4 is 28.4 Å². The van der Waals surface area contributed by atoms with Crippen molar-refractivity contribution in [3.63, 3.8) is 0 Å². The van der Waals surface area contributed by atoms with Crippen molar-refractivity contribution in [2.24, 2.45) is 4.02 Å². The van der Waals surface area contributed by atoms with Crippen LogP contribution >= 0.6 is 16.1 Å². The van der Waals surface area contributed by atoms with Crippen molar-refractivity contribution in [2.75, 3.05) is 0 Å². The lowest BCUT2D eigenvalue weighted by Gasteiger charge is -2.07. The highest BCUT2D eigenvalue weighted by Crippen LogP contribution is 2.24. The highest BCUT2D eigenvalue weighted by atomic mass is 79.9. The van der Waals surface area contributed by atoms with Crippen molar-refractivity contribution in [1.82, 2.24) is 0 Å². The van der Waals surface area contributed by atoms with Crippen molar-refractivity contribution in [3.8, 4) is 11.1 Å². The zero-order valence-corrected chi connectivity index (χ0v) is 10.9. The van der Waals surface area contributed by atoms with Crippen LogP contribution in [-0.4, -0.2) is 6.21 Å². The summed E-state index contributed by atoms with van der Waals surface area (Å²) >= 11 is 3.08. The maximum atomic E-state index is 3.91. The molecule has 17 heavy (non-hydrogen) atoms. The van der Waals surface area contributed by atoms with Crippen LogP contribution in [0.15, 0.2) is 59.1 Å². The van der Waals surface area contributed by atoms with Crippen LogP contribution in [0.5, 0.6) is 0 Å². The molecule has 2 aromatic carbocycles. The molecule has 0 N–H and O–H groups in total. The van der Waals surface area contributed by atoms with E-state index in [-0.39, 0.29) is 0 Å². The van der Waals surface area contributed by atoms with E-state index in [2.05, 4.69) is 44.9 Å². The summed E-state index contributed by atoms with van der Waals surface area (Å²) in [6, 6.07) is 16.5. The van der Waals surface area contributed by atoms with E-state index in [1.807, 2.05) is 36.4 Å². The molecule has 0 aliphatic rings. The Kier molecular flexibility index (Phi) is 3.89. The second-order valence-corrected chi connectivity index (χ2v) is 4.05. The molecule has 1 nitrogen and oxygen atoms in total. The van der Waals surface area contributed by atoms with Gasteiger partial charge in [-0.15, -0.1) is 0 Å². The van der Waals surface area contributed by atoms with Gasteiger partial charge in [0.05, 0.1) is 16.1 Å². The fourth-order valence-electron chi connectivity index (χ4n) is 1.73. The molecule has 2 aromatic rings. The van der Waals surface area contributed by atoms with E-state index in [1.54, 1.807) is 6.21 Å². The monoisotopic (exact) mass is 285 g/mol. The van der Waals surface area contributed by atoms with Gasteiger partial charge in [0.2, 0.25) is 0 Å². The summed E-state index contributed by atoms with van der Waals surface area (Å²) < 4.78 is 3.91. The number of hydrogen-bond acceptors (Lipinski definition) is 1. The third-order valence-corrected chi connectivity index (χ3v) is 2.79. The number of nitrogens with zero attached hydrogens (tertiary/aromatic N) is 1. The summed E-state index contributed by atoms with van der Waals surface area (Å²) in [5.41, 5.74) is 4.53. The molecule has 0 heterocycles. The van der Waals surface area contributed by atoms with Crippen LogP contribution in [-0.2, 0) is 0 Å². The van der Waals surface area contributed by atoms with E-state index in [9.17, 15) is 0 Å². The zero-order chi connectivity index (χ0) is 12.1. The summed E-state index contributed by atoms with van der Waals surface area (Å²) in [7, 11) is 0. The minimum Gasteiger partial charge on any atom is -0.215 e. The first kappa shape index (κ1) is 11.8. The molecule has 0 unspecified atom stereocenters. The van der Waals surface area contributed by atoms with E-state index in [0.717, 1.165) is 16.7 Å². The average molecular weight is 286 g/mol. The minimum atomic E-state index is 1.08. The number of hydrogen-bond donors (Lipinski definition) is 0. The van der Waals surface area contributed by atoms with E-state index < -0.39 is 0 Å². The Hall–Kier alpha value is -1.67. The van der Waals surface area contributed by atoms with Crippen LogP contribution < -0.4 is 0 Å². The topological polar surface area (TPSA) is 12.4 Å². The normalized spacial score (nSPS) is 10.6. The van der Waals surface area contributed by atoms with Crippen LogP contribution in [0.4, 0.5) is 0 Å². The molecule has 0 aromatic heterocycles. The number of rotatable bonds is 3. The molecule has 0 aliphatic carbocycles. The standard InChI is InChI=1S/C15H12BrN/c1-2-12-8-9-14(11-17-16)15(10-12)13-6-4-3-5-7-13/h2-11H,1H2. The lowest BCUT2D eigenvalue weighted by Crippen LogP contribution is -1.88. The van der Waals surface area contributed by atoms with Gasteiger partial charge in [-0.25, -0.2) is 4.02 Å². The second-order valence-electron chi connectivity index (χ2n) is 3.64. The highest BCUT2D eigenvalue weighted by molar-refractivity contribution is 9.08. The Morgan fingerprint density at radius 3 is 2.47 bits per heavy atom. The van der Waals surface area contributed by atoms with Crippen LogP contribution in [0, 0.1) is 0 Å². The van der Waals surface area contributed by atoms with Crippen LogP contribution in [0.1, 0.15) is 11.1 Å². The summed E-state index contributed by atoms with van der Waals surface area (Å²) in [5, 5.41) is 0. The van der Waals surface area contributed by atoms with Crippen molar-refractivity contribution in [3.05, 3.63) is 66.2 Å². The molecule has 0 saturated heterocycles. The third kappa shape index (κ3) is 2.71. The average Bonchev–Trinajstić information content (AvgIpc) is 2.40. The van der Waals surface area contributed by atoms with Gasteiger partial charge in [0.15, 0.2) is 0 Å². The van der Waals surface area contributed by atoms with E-state index in [1.165, 1.54) is 5.56 Å². The van der Waals surface area contributed by atoms with E-state index >= 15 is 0 Å². The molecule has 2 heteroatoms. The molecule has 2 rings (SSSR count). The van der Waals surface area contributed by atoms with Gasteiger partial charge < -0.3 is 0 Å². The Morgan fingerprint density at radius 1 is 1.06 bits per heavy atom. The molecule has 0 saturated carbocycles. The van der Waals surface area contributed by atoms with Crippen LogP contribution in [0.25, 0.3) is 17.2 Å². The fourth-order valence-corrected chi connectivity index (χ4v) is 1.95. The maximum absolute atomic E-state index is 3.91. The first-order chi connectivity index (χ1) is 8.35. The summed E-state index contributed by atoms with van der Waals surface area (Å²) in [4.78, 5) is 0. The van der Waals surface area contributed by atoms with E-state index in [4.69, 9.17) is 0 Å². The second kappa shape index (κ2) is 5.60. The fraction of sp³-hybridized carbons (Fsp3) is 0. The van der Waals surface area contributed by atoms with Gasteiger partial charge in [-0.2, -0.15) is 0 Å². The minimum absolute atomic E-state index is 1.08. The van der Waals surface area contributed by atoms with Crippen LogP contribution in [0.2, 0.25) is 0 Å². The summed E-state index contributed by atoms with van der Waals surface area (Å²) in [6.45, 7) is 3.80. The van der Waals surface area contributed by atoms with Crippen molar-refractivity contribution < 1.29 is 0 Å². The molecule has 0 bridgehead atoms. The maximum Gasteiger partial charge on any atom is 0.0733 e. The first-order valence-electron chi connectivity index (χ1n) is 5.31. The lowest BCUT2D eigenvalue weighted by atomic mass is 9.98. The Morgan fingerprint density at radius 2 is 1.82 bits per heavy atom. The number of halogens is 1. The predicted molar refractivity (Wildman–Crippen MR) is 78.5 cm³/mol. The smallest absolute Gasteiger partial charge is 0.0733 e. The largest absolute Gasteiger partial charge is 0.215 e. The zero-order valence-electron chi connectivity index (χ0n) is 9.31. The van der Waals surface area contributed by atoms with Crippen molar-refractivity contribution in [1.29, 1.82) is 0 Å². The third-order valence-electron chi connectivity index (χ3n) is 2.59. The Labute approximate surface area is 110 Å².